The third-order valence-electron chi connectivity index (χ3n) is 5.33. The minimum atomic E-state index is -0.0139. The van der Waals surface area contributed by atoms with Crippen molar-refractivity contribution < 1.29 is 14.3 Å². The van der Waals surface area contributed by atoms with Crippen LogP contribution in [0.4, 0.5) is 16.5 Å². The van der Waals surface area contributed by atoms with E-state index in [4.69, 9.17) is 14.5 Å². The molecule has 0 atom stereocenters. The zero-order valence-electron chi connectivity index (χ0n) is 16.9. The number of Topliss-reactive ketones (excluding diaryl/α,β-unsaturated/α-hetero) is 1. The molecular weight excluding hydrogens is 374 g/mol. The summed E-state index contributed by atoms with van der Waals surface area (Å²) in [5, 5.41) is 0.890. The van der Waals surface area contributed by atoms with Crippen molar-refractivity contribution in [3.05, 3.63) is 28.8 Å². The van der Waals surface area contributed by atoms with E-state index in [0.717, 1.165) is 52.3 Å². The number of thiazole rings is 1. The molecule has 2 heterocycles. The van der Waals surface area contributed by atoms with Crippen LogP contribution in [-0.4, -0.2) is 51.2 Å². The van der Waals surface area contributed by atoms with Crippen molar-refractivity contribution in [2.24, 2.45) is 5.41 Å². The van der Waals surface area contributed by atoms with E-state index in [1.54, 1.807) is 7.11 Å². The highest BCUT2D eigenvalue weighted by atomic mass is 32.1. The molecule has 0 radical (unpaired) electrons. The fourth-order valence-electron chi connectivity index (χ4n) is 3.83. The highest BCUT2D eigenvalue weighted by molar-refractivity contribution is 7.17. The molecule has 0 spiro atoms. The van der Waals surface area contributed by atoms with E-state index < -0.39 is 0 Å². The molecule has 0 bridgehead atoms. The summed E-state index contributed by atoms with van der Waals surface area (Å²) in [6.45, 7) is 7.10. The second-order valence-electron chi connectivity index (χ2n) is 8.28. The highest BCUT2D eigenvalue weighted by Crippen LogP contribution is 2.44. The second kappa shape index (κ2) is 7.37. The topological polar surface area (TPSA) is 54.9 Å². The number of carbonyl (C=O) groups excluding carboxylic acids is 1. The predicted molar refractivity (Wildman–Crippen MR) is 113 cm³/mol. The standard InChI is InChI=1S/C21H27N3O3S/c1-21(2)12-15-19(17(25)13-21)28-20(22-15)24-8-10-27-18-11-14(5-6-16(18)24)23(3)7-9-26-4/h5-6,11H,7-10,12-13H2,1-4H3. The van der Waals surface area contributed by atoms with Gasteiger partial charge in [0.15, 0.2) is 10.9 Å². The Bertz CT molecular complexity index is 893. The number of hydrogen-bond acceptors (Lipinski definition) is 7. The van der Waals surface area contributed by atoms with Gasteiger partial charge in [-0.2, -0.15) is 0 Å². The van der Waals surface area contributed by atoms with Crippen molar-refractivity contribution in [2.45, 2.75) is 26.7 Å². The van der Waals surface area contributed by atoms with Gasteiger partial charge in [-0.25, -0.2) is 4.98 Å². The van der Waals surface area contributed by atoms with Crippen LogP contribution in [0.25, 0.3) is 0 Å². The van der Waals surface area contributed by atoms with Gasteiger partial charge in [-0.05, 0) is 24.0 Å². The molecule has 4 rings (SSSR count). The summed E-state index contributed by atoms with van der Waals surface area (Å²) in [4.78, 5) is 22.6. The molecule has 0 fully saturated rings. The van der Waals surface area contributed by atoms with Gasteiger partial charge in [0.1, 0.15) is 12.4 Å². The summed E-state index contributed by atoms with van der Waals surface area (Å²) in [6.07, 6.45) is 1.45. The number of rotatable bonds is 5. The number of carbonyl (C=O) groups is 1. The number of benzene rings is 1. The van der Waals surface area contributed by atoms with Crippen LogP contribution < -0.4 is 14.5 Å². The molecular formula is C21H27N3O3S. The number of likely N-dealkylation sites (N-methyl/N-ethyl adjacent to an activating group) is 1. The minimum absolute atomic E-state index is 0.0139. The van der Waals surface area contributed by atoms with Crippen LogP contribution in [0.5, 0.6) is 5.75 Å². The maximum Gasteiger partial charge on any atom is 0.190 e. The zero-order valence-corrected chi connectivity index (χ0v) is 17.8. The largest absolute Gasteiger partial charge is 0.489 e. The van der Waals surface area contributed by atoms with E-state index in [2.05, 4.69) is 41.8 Å². The lowest BCUT2D eigenvalue weighted by Gasteiger charge is -2.30. The fraction of sp³-hybridized carbons (Fsp3) is 0.524. The Morgan fingerprint density at radius 1 is 1.36 bits per heavy atom. The number of aromatic nitrogens is 1. The van der Waals surface area contributed by atoms with Crippen molar-refractivity contribution in [1.29, 1.82) is 0 Å². The monoisotopic (exact) mass is 401 g/mol. The molecule has 0 N–H and O–H groups in total. The average Bonchev–Trinajstić information content (AvgIpc) is 3.08. The Morgan fingerprint density at radius 3 is 2.96 bits per heavy atom. The molecule has 6 nitrogen and oxygen atoms in total. The van der Waals surface area contributed by atoms with Crippen LogP contribution >= 0.6 is 11.3 Å². The Hall–Kier alpha value is -2.12. The van der Waals surface area contributed by atoms with Crippen LogP contribution in [0.3, 0.4) is 0 Å². The second-order valence-corrected chi connectivity index (χ2v) is 9.26. The van der Waals surface area contributed by atoms with E-state index >= 15 is 0 Å². The maximum absolute atomic E-state index is 12.6. The first kappa shape index (κ1) is 19.2. The minimum Gasteiger partial charge on any atom is -0.489 e. The van der Waals surface area contributed by atoms with Gasteiger partial charge in [0.05, 0.1) is 29.4 Å². The normalized spacial score (nSPS) is 17.7. The Kier molecular flexibility index (Phi) is 5.05. The molecule has 0 saturated carbocycles. The van der Waals surface area contributed by atoms with Crippen LogP contribution in [-0.2, 0) is 11.2 Å². The molecule has 2 aliphatic rings. The summed E-state index contributed by atoms with van der Waals surface area (Å²) < 4.78 is 11.1. The van der Waals surface area contributed by atoms with Crippen LogP contribution in [0, 0.1) is 5.41 Å². The molecule has 150 valence electrons. The molecule has 1 aromatic carbocycles. The number of anilines is 3. The summed E-state index contributed by atoms with van der Waals surface area (Å²) >= 11 is 1.52. The van der Waals surface area contributed by atoms with Gasteiger partial charge in [-0.1, -0.05) is 25.2 Å². The molecule has 1 aliphatic carbocycles. The lowest BCUT2D eigenvalue weighted by Crippen LogP contribution is -2.29. The quantitative estimate of drug-likeness (QED) is 0.757. The third-order valence-corrected chi connectivity index (χ3v) is 6.50. The van der Waals surface area contributed by atoms with Gasteiger partial charge in [0.25, 0.3) is 0 Å². The molecule has 7 heteroatoms. The van der Waals surface area contributed by atoms with Gasteiger partial charge in [0.2, 0.25) is 0 Å². The van der Waals surface area contributed by atoms with Gasteiger partial charge in [0, 0.05) is 38.9 Å². The van der Waals surface area contributed by atoms with Gasteiger partial charge in [-0.15, -0.1) is 0 Å². The number of ketones is 1. The van der Waals surface area contributed by atoms with Crippen molar-refractivity contribution >= 4 is 33.6 Å². The van der Waals surface area contributed by atoms with Crippen LogP contribution in [0.15, 0.2) is 18.2 Å². The van der Waals surface area contributed by atoms with E-state index in [0.29, 0.717) is 19.6 Å². The molecule has 0 amide bonds. The van der Waals surface area contributed by atoms with E-state index in [-0.39, 0.29) is 11.2 Å². The summed E-state index contributed by atoms with van der Waals surface area (Å²) in [6, 6.07) is 6.25. The van der Waals surface area contributed by atoms with Crippen LogP contribution in [0.2, 0.25) is 0 Å². The molecule has 0 saturated heterocycles. The summed E-state index contributed by atoms with van der Waals surface area (Å²) in [7, 11) is 3.75. The number of nitrogens with zero attached hydrogens (tertiary/aromatic N) is 3. The Morgan fingerprint density at radius 2 is 2.18 bits per heavy atom. The zero-order chi connectivity index (χ0) is 19.9. The van der Waals surface area contributed by atoms with Crippen molar-refractivity contribution in [1.82, 2.24) is 4.98 Å². The van der Waals surface area contributed by atoms with E-state index in [1.165, 1.54) is 11.3 Å². The molecule has 28 heavy (non-hydrogen) atoms. The van der Waals surface area contributed by atoms with Crippen LogP contribution in [0.1, 0.15) is 35.6 Å². The highest BCUT2D eigenvalue weighted by Gasteiger charge is 2.35. The van der Waals surface area contributed by atoms with Gasteiger partial charge >= 0.3 is 0 Å². The molecule has 1 aliphatic heterocycles. The molecule has 0 unspecified atom stereocenters. The predicted octanol–water partition coefficient (Wildman–Crippen LogP) is 3.91. The maximum atomic E-state index is 12.6. The van der Waals surface area contributed by atoms with Gasteiger partial charge in [-0.3, -0.25) is 4.79 Å². The molecule has 1 aromatic heterocycles. The number of methoxy groups -OCH3 is 1. The molecule has 2 aromatic rings. The number of fused-ring (bicyclic) bond motifs is 2. The number of hydrogen-bond donors (Lipinski definition) is 0. The lowest BCUT2D eigenvalue weighted by molar-refractivity contribution is 0.0916. The van der Waals surface area contributed by atoms with Crippen molar-refractivity contribution in [3.8, 4) is 5.75 Å². The van der Waals surface area contributed by atoms with E-state index in [9.17, 15) is 4.79 Å². The fourth-order valence-corrected chi connectivity index (χ4v) is 4.89. The van der Waals surface area contributed by atoms with Crippen molar-refractivity contribution in [2.75, 3.05) is 50.3 Å². The SMILES string of the molecule is COCCN(C)c1ccc2c(c1)OCCN2c1nc2c(s1)C(=O)CC(C)(C)C2. The van der Waals surface area contributed by atoms with Gasteiger partial charge < -0.3 is 19.3 Å². The third kappa shape index (κ3) is 3.61. The Labute approximate surface area is 170 Å². The summed E-state index contributed by atoms with van der Waals surface area (Å²) in [5.74, 6) is 1.08. The first-order chi connectivity index (χ1) is 13.4. The summed E-state index contributed by atoms with van der Waals surface area (Å²) in [5.41, 5.74) is 3.03. The average molecular weight is 402 g/mol. The number of ether oxygens (including phenoxy) is 2. The smallest absolute Gasteiger partial charge is 0.190 e. The first-order valence-corrected chi connectivity index (χ1v) is 10.5. The van der Waals surface area contributed by atoms with Crippen molar-refractivity contribution in [3.63, 3.8) is 0 Å². The first-order valence-electron chi connectivity index (χ1n) is 9.65. The Balaban J connectivity index is 1.63. The lowest BCUT2D eigenvalue weighted by atomic mass is 9.78. The van der Waals surface area contributed by atoms with E-state index in [1.807, 2.05) is 7.05 Å².